The number of hydrogen-bond donors (Lipinski definition) is 0. The van der Waals surface area contributed by atoms with E-state index in [2.05, 4.69) is 42.5 Å². The predicted molar refractivity (Wildman–Crippen MR) is 139 cm³/mol. The second-order valence-electron chi connectivity index (χ2n) is 6.05. The van der Waals surface area contributed by atoms with Crippen LogP contribution in [0.1, 0.15) is 11.1 Å². The Labute approximate surface area is 227 Å². The first-order valence-electron chi connectivity index (χ1n) is 9.47. The fourth-order valence-corrected chi connectivity index (χ4v) is 2.40. The molecule has 0 saturated heterocycles. The molecule has 5 aromatic rings. The minimum atomic E-state index is 0. The van der Waals surface area contributed by atoms with Gasteiger partial charge in [0, 0.05) is 0 Å². The van der Waals surface area contributed by atoms with E-state index in [9.17, 15) is 9.59 Å². The van der Waals surface area contributed by atoms with E-state index in [1.807, 2.05) is 42.5 Å². The van der Waals surface area contributed by atoms with Gasteiger partial charge in [-0.1, -0.05) is 18.2 Å². The minimum absolute atomic E-state index is 0. The van der Waals surface area contributed by atoms with Crippen molar-refractivity contribution < 1.29 is 35.8 Å². The summed E-state index contributed by atoms with van der Waals surface area (Å²) in [6, 6.07) is 42.5. The molecule has 0 bridgehead atoms. The van der Waals surface area contributed by atoms with Gasteiger partial charge in [0.1, 0.15) is 0 Å². The van der Waals surface area contributed by atoms with E-state index in [1.165, 1.54) is 10.8 Å². The molecule has 0 saturated carbocycles. The SMILES string of the molecule is Cl.Cl.O=[C-]c1ccccc1.O=[C-]c1ccccc1.[Zr+4].c1cc[cH-]c1.c1ccc2[cH-]ccc2c1. The van der Waals surface area contributed by atoms with Gasteiger partial charge in [-0.25, -0.2) is 12.1 Å². The molecule has 0 fully saturated rings. The smallest absolute Gasteiger partial charge is 0.376 e. The van der Waals surface area contributed by atoms with Crippen LogP contribution in [0.15, 0.2) is 133 Å². The van der Waals surface area contributed by atoms with Gasteiger partial charge in [0.05, 0.1) is 12.6 Å². The summed E-state index contributed by atoms with van der Waals surface area (Å²) in [6.07, 6.45) is 3.55. The molecule has 0 aliphatic rings. The summed E-state index contributed by atoms with van der Waals surface area (Å²) in [5.74, 6) is 0. The molecular weight excluding hydrogens is 530 g/mol. The van der Waals surface area contributed by atoms with Gasteiger partial charge < -0.3 is 9.59 Å². The van der Waals surface area contributed by atoms with E-state index in [1.54, 1.807) is 61.1 Å². The van der Waals surface area contributed by atoms with Gasteiger partial charge in [-0.3, -0.25) is 0 Å². The van der Waals surface area contributed by atoms with Crippen LogP contribution >= 0.6 is 24.8 Å². The van der Waals surface area contributed by atoms with Gasteiger partial charge in [0.15, 0.2) is 0 Å². The molecule has 2 nitrogen and oxygen atoms in total. The Kier molecular flexibility index (Phi) is 21.0. The van der Waals surface area contributed by atoms with Gasteiger partial charge in [0.2, 0.25) is 0 Å². The van der Waals surface area contributed by atoms with E-state index in [-0.39, 0.29) is 51.0 Å². The normalized spacial score (nSPS) is 8.12. The molecule has 0 unspecified atom stereocenters. The average molecular weight is 555 g/mol. The van der Waals surface area contributed by atoms with Crippen molar-refractivity contribution in [3.05, 3.63) is 145 Å². The maximum Gasteiger partial charge on any atom is 4.00 e. The second kappa shape index (κ2) is 21.3. The first kappa shape index (κ1) is 32.6. The Morgan fingerprint density at radius 3 is 1.33 bits per heavy atom. The fraction of sp³-hybridized carbons (Fsp3) is 0. The number of halogens is 2. The van der Waals surface area contributed by atoms with Gasteiger partial charge in [-0.2, -0.15) is 71.1 Å². The molecule has 5 heteroatoms. The topological polar surface area (TPSA) is 34.1 Å². The Morgan fingerprint density at radius 1 is 0.515 bits per heavy atom. The minimum Gasteiger partial charge on any atom is -0.376 e. The molecule has 5 aromatic carbocycles. The molecule has 33 heavy (non-hydrogen) atoms. The third kappa shape index (κ3) is 14.2. The largest absolute Gasteiger partial charge is 4.00 e. The van der Waals surface area contributed by atoms with Crippen LogP contribution in [-0.4, -0.2) is 12.6 Å². The number of hydrogen-bond acceptors (Lipinski definition) is 2. The van der Waals surface area contributed by atoms with Crippen molar-refractivity contribution in [3.63, 3.8) is 0 Å². The monoisotopic (exact) mass is 552 g/mol. The average Bonchev–Trinajstić information content (AvgIpc) is 3.56. The van der Waals surface area contributed by atoms with E-state index < -0.39 is 0 Å². The zero-order valence-corrected chi connectivity index (χ0v) is 21.9. The molecule has 0 heterocycles. The fourth-order valence-electron chi connectivity index (χ4n) is 2.40. The molecule has 0 aliphatic carbocycles. The van der Waals surface area contributed by atoms with Crippen LogP contribution in [0.4, 0.5) is 0 Å². The van der Waals surface area contributed by atoms with Crippen LogP contribution in [0.2, 0.25) is 0 Å². The van der Waals surface area contributed by atoms with Gasteiger partial charge in [-0.15, -0.1) is 78.7 Å². The van der Waals surface area contributed by atoms with Crippen LogP contribution in [0.5, 0.6) is 0 Å². The summed E-state index contributed by atoms with van der Waals surface area (Å²) >= 11 is 0. The number of carbonyl (C=O) groups excluding carboxylic acids is 2. The quantitative estimate of drug-likeness (QED) is 0.218. The predicted octanol–water partition coefficient (Wildman–Crippen LogP) is 7.09. The Hall–Kier alpha value is -2.58. The van der Waals surface area contributed by atoms with Crippen molar-refractivity contribution in [3.8, 4) is 0 Å². The van der Waals surface area contributed by atoms with E-state index in [0.29, 0.717) is 11.1 Å². The summed E-state index contributed by atoms with van der Waals surface area (Å²) in [5.41, 5.74) is 1.21. The Balaban J connectivity index is 0. The molecule has 0 aromatic heterocycles. The van der Waals surface area contributed by atoms with E-state index in [0.717, 1.165) is 0 Å². The van der Waals surface area contributed by atoms with Crippen molar-refractivity contribution in [1.82, 2.24) is 0 Å². The van der Waals surface area contributed by atoms with Crippen LogP contribution in [0, 0.1) is 0 Å². The maximum absolute atomic E-state index is 9.88. The van der Waals surface area contributed by atoms with Crippen LogP contribution in [-0.2, 0) is 35.8 Å². The summed E-state index contributed by atoms with van der Waals surface area (Å²) in [4.78, 5) is 19.8. The summed E-state index contributed by atoms with van der Waals surface area (Å²) in [7, 11) is 0. The Morgan fingerprint density at radius 2 is 0.970 bits per heavy atom. The van der Waals surface area contributed by atoms with Crippen molar-refractivity contribution in [2.75, 3.05) is 0 Å². The molecule has 0 N–H and O–H groups in total. The summed E-state index contributed by atoms with van der Waals surface area (Å²) < 4.78 is 0. The molecule has 0 atom stereocenters. The molecular formula is C28H24Cl2O2Zr. The standard InChI is InChI=1S/C9H7.2C7H5O.C5H5.2ClH.Zr/c1-2-5-9-7-3-6-8(9)4-1;2*8-6-7-4-2-1-3-5-7;1-2-4-5-3-1;;;/h1-7H;2*1-5H;1-5H;2*1H;/q4*-1;;;+4. The first-order valence-corrected chi connectivity index (χ1v) is 9.47. The van der Waals surface area contributed by atoms with Crippen molar-refractivity contribution >= 4 is 48.2 Å². The molecule has 0 spiro atoms. The van der Waals surface area contributed by atoms with Gasteiger partial charge >= 0.3 is 26.2 Å². The van der Waals surface area contributed by atoms with E-state index in [4.69, 9.17) is 0 Å². The second-order valence-corrected chi connectivity index (χ2v) is 6.05. The number of benzene rings is 3. The molecule has 0 amide bonds. The summed E-state index contributed by atoms with van der Waals surface area (Å²) in [6.45, 7) is 0. The zero-order valence-electron chi connectivity index (χ0n) is 17.8. The third-order valence-electron chi connectivity index (χ3n) is 3.89. The molecule has 5 rings (SSSR count). The zero-order chi connectivity index (χ0) is 21.3. The van der Waals surface area contributed by atoms with Crippen molar-refractivity contribution in [1.29, 1.82) is 0 Å². The first-order chi connectivity index (χ1) is 14.8. The molecule has 0 radical (unpaired) electrons. The van der Waals surface area contributed by atoms with Gasteiger partial charge in [0.25, 0.3) is 0 Å². The maximum atomic E-state index is 9.88. The summed E-state index contributed by atoms with van der Waals surface area (Å²) in [5, 5.41) is 2.66. The van der Waals surface area contributed by atoms with Crippen LogP contribution in [0.3, 0.4) is 0 Å². The number of rotatable bonds is 2. The van der Waals surface area contributed by atoms with Crippen molar-refractivity contribution in [2.24, 2.45) is 0 Å². The third-order valence-corrected chi connectivity index (χ3v) is 3.89. The molecule has 0 aliphatic heterocycles. The van der Waals surface area contributed by atoms with Crippen LogP contribution in [0.25, 0.3) is 10.8 Å². The van der Waals surface area contributed by atoms with E-state index >= 15 is 0 Å². The Bertz CT molecular complexity index is 986. The van der Waals surface area contributed by atoms with Gasteiger partial charge in [-0.05, 0) is 0 Å². The van der Waals surface area contributed by atoms with Crippen LogP contribution < -0.4 is 0 Å². The number of fused-ring (bicyclic) bond motifs is 1. The molecule has 166 valence electrons. The van der Waals surface area contributed by atoms with Crippen molar-refractivity contribution in [2.45, 2.75) is 0 Å².